The number of ether oxygens (including phenoxy) is 1. The van der Waals surface area contributed by atoms with Crippen LogP contribution in [0.1, 0.15) is 16.7 Å². The van der Waals surface area contributed by atoms with E-state index in [-0.39, 0.29) is 12.0 Å². The molecule has 2 rings (SSSR count). The van der Waals surface area contributed by atoms with Crippen molar-refractivity contribution < 1.29 is 9.84 Å². The van der Waals surface area contributed by atoms with Crippen LogP contribution in [0.15, 0.2) is 12.1 Å². The Morgan fingerprint density at radius 2 is 1.78 bits per heavy atom. The van der Waals surface area contributed by atoms with Gasteiger partial charge < -0.3 is 14.7 Å². The molecular weight excluding hydrogens is 226 g/mol. The fourth-order valence-corrected chi connectivity index (χ4v) is 2.98. The zero-order chi connectivity index (χ0) is 13.3. The Balaban J connectivity index is 2.21. The first kappa shape index (κ1) is 13.4. The minimum Gasteiger partial charge on any atom is -0.396 e. The van der Waals surface area contributed by atoms with Gasteiger partial charge in [-0.3, -0.25) is 0 Å². The molecule has 0 saturated carbocycles. The van der Waals surface area contributed by atoms with E-state index in [9.17, 15) is 5.11 Å². The van der Waals surface area contributed by atoms with E-state index in [2.05, 4.69) is 44.9 Å². The van der Waals surface area contributed by atoms with Crippen molar-refractivity contribution in [1.82, 2.24) is 0 Å². The average molecular weight is 249 g/mol. The number of aryl methyl sites for hydroxylation is 3. The second-order valence-electron chi connectivity index (χ2n) is 5.75. The first-order valence-corrected chi connectivity index (χ1v) is 6.45. The molecule has 1 aliphatic rings. The fourth-order valence-electron chi connectivity index (χ4n) is 2.98. The highest BCUT2D eigenvalue weighted by Crippen LogP contribution is 2.32. The molecule has 1 saturated heterocycles. The summed E-state index contributed by atoms with van der Waals surface area (Å²) in [6.07, 6.45) is 0. The molecule has 0 unspecified atom stereocenters. The molecule has 100 valence electrons. The van der Waals surface area contributed by atoms with Crippen molar-refractivity contribution in [3.63, 3.8) is 0 Å². The Bertz CT molecular complexity index is 410. The Morgan fingerprint density at radius 3 is 2.17 bits per heavy atom. The largest absolute Gasteiger partial charge is 0.396 e. The van der Waals surface area contributed by atoms with E-state index in [0.717, 1.165) is 6.54 Å². The van der Waals surface area contributed by atoms with Crippen molar-refractivity contribution in [3.05, 3.63) is 28.8 Å². The number of hydrogen-bond acceptors (Lipinski definition) is 3. The maximum atomic E-state index is 9.51. The Labute approximate surface area is 109 Å². The normalized spacial score (nSPS) is 17.4. The van der Waals surface area contributed by atoms with Gasteiger partial charge in [-0.2, -0.15) is 0 Å². The highest BCUT2D eigenvalue weighted by Gasteiger charge is 2.39. The molecule has 1 aromatic rings. The van der Waals surface area contributed by atoms with Crippen LogP contribution >= 0.6 is 0 Å². The number of anilines is 1. The minimum absolute atomic E-state index is 0.0709. The molecule has 1 fully saturated rings. The number of hydrogen-bond donors (Lipinski definition) is 1. The van der Waals surface area contributed by atoms with Gasteiger partial charge in [0, 0.05) is 19.3 Å². The maximum absolute atomic E-state index is 9.51. The molecule has 0 aromatic heterocycles. The van der Waals surface area contributed by atoms with Crippen LogP contribution in [-0.2, 0) is 4.74 Å². The van der Waals surface area contributed by atoms with Crippen LogP contribution in [0.25, 0.3) is 0 Å². The molecule has 0 bridgehead atoms. The van der Waals surface area contributed by atoms with Gasteiger partial charge in [-0.05, 0) is 31.9 Å². The molecule has 0 atom stereocenters. The standard InChI is InChI=1S/C15H23NO2/c1-11-5-12(2)14(13(3)6-11)16(4)7-15(8-17)9-18-10-15/h5-6,17H,7-10H2,1-4H3. The number of rotatable bonds is 4. The second kappa shape index (κ2) is 4.90. The third kappa shape index (κ3) is 2.38. The van der Waals surface area contributed by atoms with Gasteiger partial charge in [0.15, 0.2) is 0 Å². The molecule has 1 N–H and O–H groups in total. The summed E-state index contributed by atoms with van der Waals surface area (Å²) in [5, 5.41) is 9.51. The third-order valence-corrected chi connectivity index (χ3v) is 3.74. The van der Waals surface area contributed by atoms with E-state index in [0.29, 0.717) is 13.2 Å². The zero-order valence-corrected chi connectivity index (χ0v) is 11.8. The van der Waals surface area contributed by atoms with E-state index in [1.54, 1.807) is 0 Å². The van der Waals surface area contributed by atoms with Gasteiger partial charge in [-0.15, -0.1) is 0 Å². The predicted octanol–water partition coefficient (Wildman–Crippen LogP) is 2.06. The van der Waals surface area contributed by atoms with Crippen molar-refractivity contribution in [2.24, 2.45) is 5.41 Å². The van der Waals surface area contributed by atoms with Crippen LogP contribution in [0, 0.1) is 26.2 Å². The average Bonchev–Trinajstić information content (AvgIpc) is 2.21. The van der Waals surface area contributed by atoms with Gasteiger partial charge in [-0.1, -0.05) is 17.7 Å². The predicted molar refractivity (Wildman–Crippen MR) is 74.3 cm³/mol. The first-order chi connectivity index (χ1) is 8.47. The van der Waals surface area contributed by atoms with Crippen LogP contribution in [0.5, 0.6) is 0 Å². The SMILES string of the molecule is Cc1cc(C)c(N(C)CC2(CO)COC2)c(C)c1. The van der Waals surface area contributed by atoms with Crippen LogP contribution in [0.4, 0.5) is 5.69 Å². The van der Waals surface area contributed by atoms with E-state index < -0.39 is 0 Å². The number of aliphatic hydroxyl groups excluding tert-OH is 1. The second-order valence-corrected chi connectivity index (χ2v) is 5.75. The third-order valence-electron chi connectivity index (χ3n) is 3.74. The molecule has 1 aromatic carbocycles. The lowest BCUT2D eigenvalue weighted by Gasteiger charge is -2.43. The number of benzene rings is 1. The van der Waals surface area contributed by atoms with Crippen LogP contribution in [0.2, 0.25) is 0 Å². The minimum atomic E-state index is -0.0709. The molecule has 0 aliphatic carbocycles. The number of aliphatic hydroxyl groups is 1. The van der Waals surface area contributed by atoms with Gasteiger partial charge >= 0.3 is 0 Å². The van der Waals surface area contributed by atoms with Gasteiger partial charge in [-0.25, -0.2) is 0 Å². The summed E-state index contributed by atoms with van der Waals surface area (Å²) in [6.45, 7) is 8.79. The molecule has 0 amide bonds. The van der Waals surface area contributed by atoms with E-state index in [1.165, 1.54) is 22.4 Å². The fraction of sp³-hybridized carbons (Fsp3) is 0.600. The van der Waals surface area contributed by atoms with Gasteiger partial charge in [0.2, 0.25) is 0 Å². The van der Waals surface area contributed by atoms with E-state index >= 15 is 0 Å². The topological polar surface area (TPSA) is 32.7 Å². The molecular formula is C15H23NO2. The monoisotopic (exact) mass is 249 g/mol. The van der Waals surface area contributed by atoms with Gasteiger partial charge in [0.05, 0.1) is 25.2 Å². The first-order valence-electron chi connectivity index (χ1n) is 6.45. The Morgan fingerprint density at radius 1 is 1.22 bits per heavy atom. The molecule has 0 radical (unpaired) electrons. The van der Waals surface area contributed by atoms with Crippen LogP contribution < -0.4 is 4.90 Å². The van der Waals surface area contributed by atoms with Crippen molar-refractivity contribution in [3.8, 4) is 0 Å². The van der Waals surface area contributed by atoms with Gasteiger partial charge in [0.1, 0.15) is 0 Å². The molecule has 18 heavy (non-hydrogen) atoms. The number of nitrogens with zero attached hydrogens (tertiary/aromatic N) is 1. The van der Waals surface area contributed by atoms with Crippen LogP contribution in [0.3, 0.4) is 0 Å². The van der Waals surface area contributed by atoms with Crippen molar-refractivity contribution >= 4 is 5.69 Å². The van der Waals surface area contributed by atoms with Crippen molar-refractivity contribution in [2.75, 3.05) is 38.3 Å². The molecule has 1 heterocycles. The summed E-state index contributed by atoms with van der Waals surface area (Å²) >= 11 is 0. The summed E-state index contributed by atoms with van der Waals surface area (Å²) in [7, 11) is 2.10. The maximum Gasteiger partial charge on any atom is 0.0584 e. The zero-order valence-electron chi connectivity index (χ0n) is 11.8. The van der Waals surface area contributed by atoms with E-state index in [1.807, 2.05) is 0 Å². The van der Waals surface area contributed by atoms with Crippen LogP contribution in [-0.4, -0.2) is 38.5 Å². The van der Waals surface area contributed by atoms with Gasteiger partial charge in [0.25, 0.3) is 0 Å². The molecule has 3 nitrogen and oxygen atoms in total. The molecule has 3 heteroatoms. The summed E-state index contributed by atoms with van der Waals surface area (Å²) in [4.78, 5) is 2.25. The summed E-state index contributed by atoms with van der Waals surface area (Å²) in [5.41, 5.74) is 5.09. The highest BCUT2D eigenvalue weighted by atomic mass is 16.5. The quantitative estimate of drug-likeness (QED) is 0.886. The Kier molecular flexibility index (Phi) is 3.64. The van der Waals surface area contributed by atoms with Crippen molar-refractivity contribution in [1.29, 1.82) is 0 Å². The lowest BCUT2D eigenvalue weighted by Crippen LogP contribution is -2.52. The summed E-state index contributed by atoms with van der Waals surface area (Å²) in [5.74, 6) is 0. The summed E-state index contributed by atoms with van der Waals surface area (Å²) in [6, 6.07) is 4.42. The lowest BCUT2D eigenvalue weighted by atomic mass is 9.86. The van der Waals surface area contributed by atoms with Crippen molar-refractivity contribution in [2.45, 2.75) is 20.8 Å². The smallest absolute Gasteiger partial charge is 0.0584 e. The van der Waals surface area contributed by atoms with E-state index in [4.69, 9.17) is 4.74 Å². The lowest BCUT2D eigenvalue weighted by molar-refractivity contribution is -0.130. The Hall–Kier alpha value is -1.06. The highest BCUT2D eigenvalue weighted by molar-refractivity contribution is 5.59. The molecule has 0 spiro atoms. The summed E-state index contributed by atoms with van der Waals surface area (Å²) < 4.78 is 5.26. The molecule has 1 aliphatic heterocycles.